The molecule has 102 valence electrons. The summed E-state index contributed by atoms with van der Waals surface area (Å²) in [7, 11) is 0. The lowest BCUT2D eigenvalue weighted by Crippen LogP contribution is -2.36. The third-order valence-corrected chi connectivity index (χ3v) is 3.74. The van der Waals surface area contributed by atoms with Gasteiger partial charge in [-0.15, -0.1) is 0 Å². The van der Waals surface area contributed by atoms with Crippen LogP contribution in [0, 0.1) is 0 Å². The van der Waals surface area contributed by atoms with Crippen LogP contribution in [-0.4, -0.2) is 30.6 Å². The summed E-state index contributed by atoms with van der Waals surface area (Å²) in [5.74, 6) is -4.71. The van der Waals surface area contributed by atoms with E-state index < -0.39 is 24.4 Å². The summed E-state index contributed by atoms with van der Waals surface area (Å²) in [5.41, 5.74) is 2.60. The van der Waals surface area contributed by atoms with Gasteiger partial charge in [0.2, 0.25) is 0 Å². The number of hydrogen-bond donors (Lipinski definition) is 1. The zero-order valence-electron chi connectivity index (χ0n) is 10.4. The molecule has 1 atom stereocenters. The third-order valence-electron chi connectivity index (χ3n) is 3.74. The van der Waals surface area contributed by atoms with Gasteiger partial charge in [-0.05, 0) is 24.0 Å². The standard InChI is InChI=1S/C14H15F2NO2/c15-14(16)7-12(19-13(14)18)8-17-11-5-9-3-1-2-4-10(9)6-11/h1-4,11-12,17H,5-8H2. The van der Waals surface area contributed by atoms with E-state index in [4.69, 9.17) is 0 Å². The largest absolute Gasteiger partial charge is 0.456 e. The van der Waals surface area contributed by atoms with Crippen LogP contribution in [0.5, 0.6) is 0 Å². The summed E-state index contributed by atoms with van der Waals surface area (Å²) in [4.78, 5) is 10.9. The molecule has 1 aromatic rings. The minimum absolute atomic E-state index is 0.241. The van der Waals surface area contributed by atoms with Crippen LogP contribution < -0.4 is 5.32 Å². The van der Waals surface area contributed by atoms with Crippen molar-refractivity contribution in [2.75, 3.05) is 6.54 Å². The Hall–Kier alpha value is -1.49. The molecule has 2 aliphatic rings. The van der Waals surface area contributed by atoms with E-state index >= 15 is 0 Å². The van der Waals surface area contributed by atoms with Gasteiger partial charge >= 0.3 is 11.9 Å². The molecule has 1 aliphatic heterocycles. The van der Waals surface area contributed by atoms with Crippen LogP contribution in [0.1, 0.15) is 17.5 Å². The number of fused-ring (bicyclic) bond motifs is 1. The minimum Gasteiger partial charge on any atom is -0.456 e. The first kappa shape index (κ1) is 12.5. The molecule has 1 aromatic carbocycles. The summed E-state index contributed by atoms with van der Waals surface area (Å²) < 4.78 is 30.7. The maximum Gasteiger partial charge on any atom is 0.377 e. The van der Waals surface area contributed by atoms with Gasteiger partial charge in [-0.25, -0.2) is 4.79 Å². The molecule has 1 aliphatic carbocycles. The molecule has 0 saturated carbocycles. The number of halogens is 2. The lowest BCUT2D eigenvalue weighted by atomic mass is 10.1. The van der Waals surface area contributed by atoms with Crippen LogP contribution in [0.4, 0.5) is 8.78 Å². The topological polar surface area (TPSA) is 38.3 Å². The van der Waals surface area contributed by atoms with Crippen molar-refractivity contribution < 1.29 is 18.3 Å². The third kappa shape index (κ3) is 2.47. The average Bonchev–Trinajstić information content (AvgIpc) is 2.88. The van der Waals surface area contributed by atoms with Gasteiger partial charge in [0.25, 0.3) is 0 Å². The second kappa shape index (κ2) is 4.56. The Morgan fingerprint density at radius 3 is 2.42 bits per heavy atom. The molecule has 0 bridgehead atoms. The number of carbonyl (C=O) groups is 1. The number of hydrogen-bond acceptors (Lipinski definition) is 3. The van der Waals surface area contributed by atoms with Crippen molar-refractivity contribution in [3.8, 4) is 0 Å². The fourth-order valence-electron chi connectivity index (χ4n) is 2.76. The van der Waals surface area contributed by atoms with E-state index in [2.05, 4.69) is 22.2 Å². The molecule has 0 radical (unpaired) electrons. The van der Waals surface area contributed by atoms with Gasteiger partial charge in [0.05, 0.1) is 6.42 Å². The van der Waals surface area contributed by atoms with E-state index in [1.165, 1.54) is 11.1 Å². The highest BCUT2D eigenvalue weighted by atomic mass is 19.3. The van der Waals surface area contributed by atoms with E-state index in [1.54, 1.807) is 0 Å². The predicted octanol–water partition coefficient (Wildman–Crippen LogP) is 1.69. The van der Waals surface area contributed by atoms with E-state index in [1.807, 2.05) is 12.1 Å². The molecule has 3 nitrogen and oxygen atoms in total. The summed E-state index contributed by atoms with van der Waals surface area (Å²) >= 11 is 0. The second-order valence-electron chi connectivity index (χ2n) is 5.22. The maximum atomic E-state index is 13.0. The Balaban J connectivity index is 1.52. The molecule has 1 N–H and O–H groups in total. The molecular formula is C14H15F2NO2. The van der Waals surface area contributed by atoms with Gasteiger partial charge in [-0.3, -0.25) is 0 Å². The maximum absolute atomic E-state index is 13.0. The Morgan fingerprint density at radius 2 is 1.89 bits per heavy atom. The first-order valence-corrected chi connectivity index (χ1v) is 6.44. The number of benzene rings is 1. The van der Waals surface area contributed by atoms with Crippen molar-refractivity contribution in [2.24, 2.45) is 0 Å². The van der Waals surface area contributed by atoms with Gasteiger partial charge in [0.1, 0.15) is 6.10 Å². The zero-order valence-corrected chi connectivity index (χ0v) is 10.4. The fraction of sp³-hybridized carbons (Fsp3) is 0.500. The highest BCUT2D eigenvalue weighted by molar-refractivity contribution is 5.79. The van der Waals surface area contributed by atoms with E-state index in [-0.39, 0.29) is 6.04 Å². The highest BCUT2D eigenvalue weighted by Crippen LogP contribution is 2.30. The van der Waals surface area contributed by atoms with Gasteiger partial charge < -0.3 is 10.1 Å². The Labute approximate surface area is 109 Å². The normalized spacial score (nSPS) is 25.4. The van der Waals surface area contributed by atoms with Crippen molar-refractivity contribution in [2.45, 2.75) is 37.3 Å². The first-order valence-electron chi connectivity index (χ1n) is 6.44. The molecule has 1 saturated heterocycles. The molecule has 1 fully saturated rings. The summed E-state index contributed by atoms with van der Waals surface area (Å²) in [6, 6.07) is 8.41. The van der Waals surface area contributed by atoms with Crippen LogP contribution >= 0.6 is 0 Å². The molecule has 0 aromatic heterocycles. The Morgan fingerprint density at radius 1 is 1.26 bits per heavy atom. The van der Waals surface area contributed by atoms with Crippen molar-refractivity contribution in [3.63, 3.8) is 0 Å². The van der Waals surface area contributed by atoms with Crippen molar-refractivity contribution in [1.82, 2.24) is 5.32 Å². The van der Waals surface area contributed by atoms with E-state index in [9.17, 15) is 13.6 Å². The summed E-state index contributed by atoms with van der Waals surface area (Å²) in [6.45, 7) is 0.292. The lowest BCUT2D eigenvalue weighted by molar-refractivity contribution is -0.159. The number of nitrogens with one attached hydrogen (secondary N) is 1. The van der Waals surface area contributed by atoms with Crippen LogP contribution in [0.3, 0.4) is 0 Å². The van der Waals surface area contributed by atoms with Crippen LogP contribution in [0.15, 0.2) is 24.3 Å². The van der Waals surface area contributed by atoms with Crippen LogP contribution in [-0.2, 0) is 22.4 Å². The van der Waals surface area contributed by atoms with Crippen LogP contribution in [0.25, 0.3) is 0 Å². The molecule has 3 rings (SSSR count). The summed E-state index contributed by atoms with van der Waals surface area (Å²) in [5, 5.41) is 3.22. The molecule has 0 amide bonds. The lowest BCUT2D eigenvalue weighted by Gasteiger charge is -2.15. The Bertz CT molecular complexity index is 479. The molecule has 19 heavy (non-hydrogen) atoms. The predicted molar refractivity (Wildman–Crippen MR) is 65.1 cm³/mol. The number of alkyl halides is 2. The van der Waals surface area contributed by atoms with Gasteiger partial charge in [-0.1, -0.05) is 24.3 Å². The molecule has 1 heterocycles. The van der Waals surface area contributed by atoms with Crippen molar-refractivity contribution in [1.29, 1.82) is 0 Å². The van der Waals surface area contributed by atoms with Gasteiger partial charge in [-0.2, -0.15) is 8.78 Å². The monoisotopic (exact) mass is 267 g/mol. The molecule has 5 heteroatoms. The number of cyclic esters (lactones) is 1. The number of esters is 1. The van der Waals surface area contributed by atoms with E-state index in [0.717, 1.165) is 12.8 Å². The van der Waals surface area contributed by atoms with Gasteiger partial charge in [0.15, 0.2) is 0 Å². The molecule has 0 spiro atoms. The van der Waals surface area contributed by atoms with E-state index in [0.29, 0.717) is 6.54 Å². The number of ether oxygens (including phenoxy) is 1. The van der Waals surface area contributed by atoms with Crippen molar-refractivity contribution in [3.05, 3.63) is 35.4 Å². The van der Waals surface area contributed by atoms with Crippen LogP contribution in [0.2, 0.25) is 0 Å². The number of rotatable bonds is 3. The smallest absolute Gasteiger partial charge is 0.377 e. The van der Waals surface area contributed by atoms with Crippen molar-refractivity contribution >= 4 is 5.97 Å². The minimum atomic E-state index is -3.31. The SMILES string of the molecule is O=C1OC(CNC2Cc3ccccc3C2)CC1(F)F. The first-order chi connectivity index (χ1) is 9.04. The molecule has 1 unspecified atom stereocenters. The van der Waals surface area contributed by atoms with Gasteiger partial charge in [0, 0.05) is 12.6 Å². The molecular weight excluding hydrogens is 252 g/mol. The number of carbonyl (C=O) groups excluding carboxylic acids is 1. The fourth-order valence-corrected chi connectivity index (χ4v) is 2.76. The average molecular weight is 267 g/mol. The quantitative estimate of drug-likeness (QED) is 0.847. The highest BCUT2D eigenvalue weighted by Gasteiger charge is 2.50. The zero-order chi connectivity index (χ0) is 13.5. The summed E-state index contributed by atoms with van der Waals surface area (Å²) in [6.07, 6.45) is 0.560. The second-order valence-corrected chi connectivity index (χ2v) is 5.22. The Kier molecular flexibility index (Phi) is 3.01.